The van der Waals surface area contributed by atoms with Crippen molar-refractivity contribution in [3.8, 4) is 11.1 Å². The summed E-state index contributed by atoms with van der Waals surface area (Å²) in [4.78, 5) is 29.0. The van der Waals surface area contributed by atoms with Gasteiger partial charge in [0.25, 0.3) is 5.91 Å². The molecule has 3 N–H and O–H groups in total. The number of carbonyl (C=O) groups is 1. The van der Waals surface area contributed by atoms with Crippen molar-refractivity contribution in [3.05, 3.63) is 72.1 Å². The number of hydrogen-bond donors (Lipinski definition) is 3. The van der Waals surface area contributed by atoms with Crippen LogP contribution in [-0.4, -0.2) is 66.3 Å². The van der Waals surface area contributed by atoms with Crippen LogP contribution in [0.25, 0.3) is 22.2 Å². The van der Waals surface area contributed by atoms with E-state index in [1.165, 1.54) is 30.5 Å². The van der Waals surface area contributed by atoms with Crippen LogP contribution in [0.2, 0.25) is 0 Å². The van der Waals surface area contributed by atoms with Crippen molar-refractivity contribution in [2.24, 2.45) is 0 Å². The number of amides is 1. The number of nitrogens with zero attached hydrogens (tertiary/aromatic N) is 4. The van der Waals surface area contributed by atoms with Gasteiger partial charge in [0.1, 0.15) is 5.69 Å². The van der Waals surface area contributed by atoms with E-state index in [1.807, 2.05) is 24.3 Å². The van der Waals surface area contributed by atoms with Gasteiger partial charge in [-0.15, -0.1) is 0 Å². The number of aromatic nitrogens is 3. The highest BCUT2D eigenvalue weighted by molar-refractivity contribution is 6.02. The topological polar surface area (TPSA) is 104 Å². The number of fused-ring (bicyclic) bond motifs is 1. The average Bonchev–Trinajstić information content (AvgIpc) is 3.53. The number of carbonyl (C=O) groups excluding carboxylic acids is 1. The summed E-state index contributed by atoms with van der Waals surface area (Å²) in [5, 5.41) is 9.70. The number of halogens is 3. The number of morpholine rings is 1. The Morgan fingerprint density at radius 3 is 2.57 bits per heavy atom. The number of ether oxygens (including phenoxy) is 1. The van der Waals surface area contributed by atoms with Crippen LogP contribution in [0.1, 0.15) is 28.9 Å². The lowest BCUT2D eigenvalue weighted by Crippen LogP contribution is -2.37. The maximum atomic E-state index is 14.0. The monoisotopic (exact) mass is 577 g/mol. The van der Waals surface area contributed by atoms with E-state index < -0.39 is 17.6 Å². The van der Waals surface area contributed by atoms with Gasteiger partial charge in [-0.2, -0.15) is 18.2 Å². The third-order valence-electron chi connectivity index (χ3n) is 7.48. The third kappa shape index (κ3) is 6.14. The van der Waals surface area contributed by atoms with Crippen molar-refractivity contribution in [2.75, 3.05) is 49.6 Å². The molecule has 4 heterocycles. The van der Waals surface area contributed by atoms with E-state index in [1.54, 1.807) is 0 Å². The summed E-state index contributed by atoms with van der Waals surface area (Å²) in [5.41, 5.74) is 0.981. The van der Waals surface area contributed by atoms with Gasteiger partial charge >= 0.3 is 6.18 Å². The fourth-order valence-corrected chi connectivity index (χ4v) is 5.30. The molecule has 2 aromatic heterocycles. The second-order valence-electron chi connectivity index (χ2n) is 10.3. The quantitative estimate of drug-likeness (QED) is 0.289. The van der Waals surface area contributed by atoms with Gasteiger partial charge in [0.15, 0.2) is 5.65 Å². The predicted molar refractivity (Wildman–Crippen MR) is 154 cm³/mol. The fraction of sp³-hybridized carbons (Fsp3) is 0.333. The van der Waals surface area contributed by atoms with E-state index in [0.717, 1.165) is 49.9 Å². The Bertz CT molecular complexity index is 1570. The molecule has 0 unspecified atom stereocenters. The lowest BCUT2D eigenvalue weighted by molar-refractivity contribution is -0.137. The van der Waals surface area contributed by atoms with Crippen LogP contribution in [0.15, 0.2) is 60.8 Å². The van der Waals surface area contributed by atoms with Gasteiger partial charge in [0, 0.05) is 54.2 Å². The van der Waals surface area contributed by atoms with Gasteiger partial charge in [-0.05, 0) is 61.3 Å². The molecule has 2 aromatic carbocycles. The molecular formula is C30H30F3N7O2. The molecule has 4 aromatic rings. The normalized spacial score (nSPS) is 17.4. The van der Waals surface area contributed by atoms with Gasteiger partial charge in [0.2, 0.25) is 5.95 Å². The first kappa shape index (κ1) is 27.9. The minimum Gasteiger partial charge on any atom is -0.378 e. The largest absolute Gasteiger partial charge is 0.417 e. The van der Waals surface area contributed by atoms with Gasteiger partial charge in [-0.25, -0.2) is 9.97 Å². The van der Waals surface area contributed by atoms with E-state index in [9.17, 15) is 18.0 Å². The molecule has 0 bridgehead atoms. The summed E-state index contributed by atoms with van der Waals surface area (Å²) in [6.45, 7) is 4.25. The Kier molecular flexibility index (Phi) is 7.90. The lowest BCUT2D eigenvalue weighted by atomic mass is 9.96. The molecule has 12 heteroatoms. The zero-order chi connectivity index (χ0) is 29.1. The number of benzene rings is 2. The number of nitrogens with one attached hydrogen (secondary N) is 3. The molecule has 2 saturated heterocycles. The second-order valence-corrected chi connectivity index (χ2v) is 10.3. The highest BCUT2D eigenvalue weighted by atomic mass is 19.4. The van der Waals surface area contributed by atoms with Crippen molar-refractivity contribution in [2.45, 2.75) is 25.1 Å². The summed E-state index contributed by atoms with van der Waals surface area (Å²) >= 11 is 0. The van der Waals surface area contributed by atoms with Crippen LogP contribution in [0.4, 0.5) is 30.5 Å². The van der Waals surface area contributed by atoms with Crippen molar-refractivity contribution < 1.29 is 22.7 Å². The van der Waals surface area contributed by atoms with E-state index in [0.29, 0.717) is 25.1 Å². The van der Waals surface area contributed by atoms with Crippen LogP contribution in [-0.2, 0) is 10.9 Å². The molecule has 9 nitrogen and oxygen atoms in total. The summed E-state index contributed by atoms with van der Waals surface area (Å²) < 4.78 is 47.3. The smallest absolute Gasteiger partial charge is 0.378 e. The highest BCUT2D eigenvalue weighted by Crippen LogP contribution is 2.38. The van der Waals surface area contributed by atoms with E-state index in [2.05, 4.69) is 35.8 Å². The number of pyridine rings is 1. The molecule has 0 aliphatic carbocycles. The molecule has 2 aliphatic heterocycles. The molecular weight excluding hydrogens is 547 g/mol. The Morgan fingerprint density at radius 1 is 1.05 bits per heavy atom. The van der Waals surface area contributed by atoms with Gasteiger partial charge in [-0.3, -0.25) is 4.79 Å². The number of rotatable bonds is 7. The van der Waals surface area contributed by atoms with Crippen molar-refractivity contribution in [1.82, 2.24) is 25.6 Å². The van der Waals surface area contributed by atoms with Gasteiger partial charge in [-0.1, -0.05) is 18.2 Å². The van der Waals surface area contributed by atoms with E-state index in [-0.39, 0.29) is 34.5 Å². The van der Waals surface area contributed by atoms with Crippen molar-refractivity contribution in [1.29, 1.82) is 0 Å². The number of anilines is 3. The van der Waals surface area contributed by atoms with Crippen LogP contribution in [0.3, 0.4) is 0 Å². The first-order chi connectivity index (χ1) is 20.3. The number of alkyl halides is 3. The Morgan fingerprint density at radius 2 is 1.83 bits per heavy atom. The van der Waals surface area contributed by atoms with Crippen LogP contribution in [0.5, 0.6) is 0 Å². The van der Waals surface area contributed by atoms with Crippen molar-refractivity contribution >= 4 is 34.3 Å². The minimum atomic E-state index is -4.62. The molecule has 42 heavy (non-hydrogen) atoms. The standard InChI is InChI=1S/C30H30F3N7O2/c31-30(32,33)25-6-2-1-5-23(25)24-16-19-17-36-29(37-20-7-9-22(10-8-20)40-12-14-42-15-13-40)39-27(19)38-26(24)28(41)35-18-21-4-3-11-34-21/h1-2,5-10,16-17,21,34H,3-4,11-15,18H2,(H,35,41)(H,36,37,38,39)/t21-/m1/s1. The summed E-state index contributed by atoms with van der Waals surface area (Å²) in [5.74, 6) is -0.316. The summed E-state index contributed by atoms with van der Waals surface area (Å²) in [7, 11) is 0. The zero-order valence-corrected chi connectivity index (χ0v) is 22.7. The SMILES string of the molecule is O=C(NC[C@H]1CCCN1)c1nc2nc(Nc3ccc(N4CCOCC4)cc3)ncc2cc1-c1ccccc1C(F)(F)F. The predicted octanol–water partition coefficient (Wildman–Crippen LogP) is 4.77. The molecule has 1 atom stereocenters. The fourth-order valence-electron chi connectivity index (χ4n) is 5.30. The molecule has 0 saturated carbocycles. The molecule has 2 aliphatic rings. The average molecular weight is 578 g/mol. The Labute approximate surface area is 240 Å². The highest BCUT2D eigenvalue weighted by Gasteiger charge is 2.34. The first-order valence-corrected chi connectivity index (χ1v) is 13.9. The molecule has 218 valence electrons. The van der Waals surface area contributed by atoms with E-state index in [4.69, 9.17) is 4.74 Å². The Hall–Kier alpha value is -4.29. The number of hydrogen-bond acceptors (Lipinski definition) is 8. The minimum absolute atomic E-state index is 0.0651. The second kappa shape index (κ2) is 11.9. The maximum Gasteiger partial charge on any atom is 0.417 e. The Balaban J connectivity index is 1.32. The molecule has 2 fully saturated rings. The van der Waals surface area contributed by atoms with Crippen LogP contribution >= 0.6 is 0 Å². The molecule has 6 rings (SSSR count). The van der Waals surface area contributed by atoms with Gasteiger partial charge in [0.05, 0.1) is 18.8 Å². The summed E-state index contributed by atoms with van der Waals surface area (Å²) in [6.07, 6.45) is -1.22. The van der Waals surface area contributed by atoms with Crippen LogP contribution < -0.4 is 20.9 Å². The van der Waals surface area contributed by atoms with Crippen LogP contribution in [0, 0.1) is 0 Å². The molecule has 0 radical (unpaired) electrons. The molecule has 1 amide bonds. The molecule has 0 spiro atoms. The summed E-state index contributed by atoms with van der Waals surface area (Å²) in [6, 6.07) is 14.6. The lowest BCUT2D eigenvalue weighted by Gasteiger charge is -2.28. The van der Waals surface area contributed by atoms with Crippen molar-refractivity contribution in [3.63, 3.8) is 0 Å². The van der Waals surface area contributed by atoms with E-state index >= 15 is 0 Å². The third-order valence-corrected chi connectivity index (χ3v) is 7.48. The van der Waals surface area contributed by atoms with Gasteiger partial charge < -0.3 is 25.6 Å². The zero-order valence-electron chi connectivity index (χ0n) is 22.7. The first-order valence-electron chi connectivity index (χ1n) is 13.9. The maximum absolute atomic E-state index is 14.0.